The van der Waals surface area contributed by atoms with Gasteiger partial charge in [-0.2, -0.15) is 0 Å². The second-order valence-corrected chi connectivity index (χ2v) is 13.6. The Balaban J connectivity index is 1.49. The van der Waals surface area contributed by atoms with E-state index < -0.39 is 0 Å². The van der Waals surface area contributed by atoms with Gasteiger partial charge in [0.15, 0.2) is 0 Å². The Morgan fingerprint density at radius 2 is 1.36 bits per heavy atom. The van der Waals surface area contributed by atoms with Gasteiger partial charge in [0.25, 0.3) is 0 Å². The minimum absolute atomic E-state index is 0.603. The summed E-state index contributed by atoms with van der Waals surface area (Å²) in [6.07, 6.45) is 18.3. The third kappa shape index (κ3) is 2.36. The molecule has 5 fully saturated rings. The molecule has 28 heavy (non-hydrogen) atoms. The van der Waals surface area contributed by atoms with Crippen molar-refractivity contribution in [2.75, 3.05) is 0 Å². The zero-order chi connectivity index (χ0) is 19.9. The fraction of sp³-hybridized carbons (Fsp3) is 1.00. The maximum absolute atomic E-state index is 2.80. The lowest BCUT2D eigenvalue weighted by Crippen LogP contribution is -2.63. The van der Waals surface area contributed by atoms with Gasteiger partial charge in [-0.15, -0.1) is 0 Å². The van der Waals surface area contributed by atoms with Crippen LogP contribution < -0.4 is 0 Å². The zero-order valence-corrected chi connectivity index (χ0v) is 19.9. The van der Waals surface area contributed by atoms with Crippen LogP contribution in [0.1, 0.15) is 119 Å². The van der Waals surface area contributed by atoms with E-state index >= 15 is 0 Å². The van der Waals surface area contributed by atoms with Gasteiger partial charge in [0.1, 0.15) is 0 Å². The molecule has 0 aliphatic heterocycles. The van der Waals surface area contributed by atoms with E-state index in [9.17, 15) is 0 Å². The first-order valence-electron chi connectivity index (χ1n) is 13.2. The Bertz CT molecular complexity index is 618. The summed E-state index contributed by atoms with van der Waals surface area (Å²) in [5.41, 5.74) is 2.48. The molecule has 0 spiro atoms. The zero-order valence-electron chi connectivity index (χ0n) is 19.9. The number of rotatable bonds is 1. The Labute approximate surface area is 176 Å². The fourth-order valence-corrected chi connectivity index (χ4v) is 11.1. The minimum Gasteiger partial charge on any atom is -0.0651 e. The van der Waals surface area contributed by atoms with E-state index in [4.69, 9.17) is 0 Å². The summed E-state index contributed by atoms with van der Waals surface area (Å²) in [5, 5.41) is 0. The van der Waals surface area contributed by atoms with Crippen LogP contribution in [0, 0.1) is 57.2 Å². The second kappa shape index (κ2) is 6.26. The first-order valence-corrected chi connectivity index (χ1v) is 13.2. The Morgan fingerprint density at radius 3 is 2.11 bits per heavy atom. The smallest absolute Gasteiger partial charge is 0.0235 e. The average molecular weight is 385 g/mol. The van der Waals surface area contributed by atoms with Crippen LogP contribution in [0.4, 0.5) is 0 Å². The largest absolute Gasteiger partial charge is 0.0651 e. The van der Waals surface area contributed by atoms with Crippen LogP contribution in [0.25, 0.3) is 0 Å². The molecule has 5 saturated carbocycles. The highest BCUT2D eigenvalue weighted by Crippen LogP contribution is 2.75. The van der Waals surface area contributed by atoms with Crippen LogP contribution in [0.3, 0.4) is 0 Å². The maximum atomic E-state index is 2.80. The van der Waals surface area contributed by atoms with Gasteiger partial charge in [-0.05, 0) is 121 Å². The summed E-state index contributed by atoms with van der Waals surface area (Å²) in [6.45, 7) is 16.0. The summed E-state index contributed by atoms with van der Waals surface area (Å²) in [5.74, 6) is 6.16. The van der Waals surface area contributed by atoms with Crippen LogP contribution in [0.2, 0.25) is 0 Å². The van der Waals surface area contributed by atoms with Gasteiger partial charge in [-0.3, -0.25) is 0 Å². The Hall–Kier alpha value is 0. The molecule has 0 aromatic carbocycles. The molecule has 0 nitrogen and oxygen atoms in total. The molecule has 9 unspecified atom stereocenters. The first-order chi connectivity index (χ1) is 13.2. The summed E-state index contributed by atoms with van der Waals surface area (Å²) in [4.78, 5) is 0. The topological polar surface area (TPSA) is 0 Å². The van der Waals surface area contributed by atoms with Gasteiger partial charge in [-0.1, -0.05) is 54.4 Å². The van der Waals surface area contributed by atoms with Gasteiger partial charge < -0.3 is 0 Å². The van der Waals surface area contributed by atoms with Gasteiger partial charge in [0, 0.05) is 0 Å². The summed E-state index contributed by atoms with van der Waals surface area (Å²) in [6, 6.07) is 0. The molecule has 0 bridgehead atoms. The molecule has 0 aromatic heterocycles. The molecular weight excluding hydrogens is 336 g/mol. The normalized spacial score (nSPS) is 57.6. The van der Waals surface area contributed by atoms with E-state index in [-0.39, 0.29) is 0 Å². The highest BCUT2D eigenvalue weighted by Gasteiger charge is 2.67. The molecule has 0 amide bonds. The Morgan fingerprint density at radius 1 is 0.643 bits per heavy atom. The van der Waals surface area contributed by atoms with Crippen molar-refractivity contribution in [3.63, 3.8) is 0 Å². The third-order valence-electron chi connectivity index (χ3n) is 12.8. The molecule has 0 aromatic rings. The van der Waals surface area contributed by atoms with E-state index in [0.29, 0.717) is 21.7 Å². The second-order valence-electron chi connectivity index (χ2n) is 13.6. The van der Waals surface area contributed by atoms with Crippen molar-refractivity contribution < 1.29 is 0 Å². The molecule has 0 heteroatoms. The molecule has 5 rings (SSSR count). The van der Waals surface area contributed by atoms with Crippen molar-refractivity contribution in [3.8, 4) is 0 Å². The summed E-state index contributed by atoms with van der Waals surface area (Å²) >= 11 is 0. The van der Waals surface area contributed by atoms with Gasteiger partial charge in [-0.25, -0.2) is 0 Å². The highest BCUT2D eigenvalue weighted by molar-refractivity contribution is 5.16. The minimum atomic E-state index is 0.603. The highest BCUT2D eigenvalue weighted by atomic mass is 14.7. The van der Waals surface area contributed by atoms with E-state index in [2.05, 4.69) is 41.5 Å². The summed E-state index contributed by atoms with van der Waals surface area (Å²) < 4.78 is 0. The van der Waals surface area contributed by atoms with Crippen molar-refractivity contribution in [1.82, 2.24) is 0 Å². The Kier molecular flexibility index (Phi) is 4.46. The lowest BCUT2D eigenvalue weighted by atomic mass is 9.34. The van der Waals surface area contributed by atoms with Gasteiger partial charge in [0.2, 0.25) is 0 Å². The predicted molar refractivity (Wildman–Crippen MR) is 120 cm³/mol. The quantitative estimate of drug-likeness (QED) is 0.425. The molecule has 5 aliphatic carbocycles. The van der Waals surface area contributed by atoms with Crippen molar-refractivity contribution in [1.29, 1.82) is 0 Å². The van der Waals surface area contributed by atoms with Crippen LogP contribution in [-0.4, -0.2) is 0 Å². The molecule has 5 aliphatic rings. The van der Waals surface area contributed by atoms with Crippen LogP contribution in [0.5, 0.6) is 0 Å². The van der Waals surface area contributed by atoms with Crippen molar-refractivity contribution >= 4 is 0 Å². The van der Waals surface area contributed by atoms with E-state index in [1.54, 1.807) is 32.1 Å². The predicted octanol–water partition coefficient (Wildman–Crippen LogP) is 8.50. The van der Waals surface area contributed by atoms with Crippen LogP contribution in [0.15, 0.2) is 0 Å². The van der Waals surface area contributed by atoms with E-state index in [1.807, 2.05) is 0 Å². The number of fused-ring (bicyclic) bond motifs is 7. The molecule has 0 radical (unpaired) electrons. The van der Waals surface area contributed by atoms with Crippen LogP contribution >= 0.6 is 0 Å². The summed E-state index contributed by atoms with van der Waals surface area (Å²) in [7, 11) is 0. The monoisotopic (exact) mass is 384 g/mol. The lowest BCUT2D eigenvalue weighted by Gasteiger charge is -2.70. The molecular formula is C28H48. The van der Waals surface area contributed by atoms with Gasteiger partial charge >= 0.3 is 0 Å². The fourth-order valence-electron chi connectivity index (χ4n) is 11.1. The number of hydrogen-bond donors (Lipinski definition) is 0. The average Bonchev–Trinajstić information content (AvgIpc) is 2.98. The van der Waals surface area contributed by atoms with Crippen LogP contribution in [-0.2, 0) is 0 Å². The lowest BCUT2D eigenvalue weighted by molar-refractivity contribution is -0.215. The number of hydrogen-bond acceptors (Lipinski definition) is 0. The van der Waals surface area contributed by atoms with E-state index in [1.165, 1.54) is 44.9 Å². The standard InChI is InChI=1S/C28H48/c1-7-19-12-16-26(4)21(19)13-18-28(6)24(26)11-10-23-20-9-8-15-25(2,3)22(20)14-17-27(23,28)5/h19-24H,7-18H2,1-6H3. The van der Waals surface area contributed by atoms with E-state index in [0.717, 1.165) is 35.5 Å². The molecule has 0 heterocycles. The van der Waals surface area contributed by atoms with Crippen molar-refractivity contribution in [2.45, 2.75) is 119 Å². The molecule has 9 atom stereocenters. The third-order valence-corrected chi connectivity index (χ3v) is 12.8. The SMILES string of the molecule is CCC1CCC2(C)C1CCC1(C)C2CCC2C3CCCC(C)(C)C3CCC21C. The van der Waals surface area contributed by atoms with Crippen molar-refractivity contribution in [2.24, 2.45) is 57.2 Å². The van der Waals surface area contributed by atoms with Gasteiger partial charge in [0.05, 0.1) is 0 Å². The maximum Gasteiger partial charge on any atom is -0.0235 e. The van der Waals surface area contributed by atoms with Crippen molar-refractivity contribution in [3.05, 3.63) is 0 Å². The molecule has 160 valence electrons. The first kappa shape index (κ1) is 19.9. The molecule has 0 N–H and O–H groups in total. The molecule has 0 saturated heterocycles.